The first-order valence-electron chi connectivity index (χ1n) is 3.31. The van der Waals surface area contributed by atoms with E-state index >= 15 is 0 Å². The van der Waals surface area contributed by atoms with Crippen molar-refractivity contribution in [2.24, 2.45) is 0 Å². The van der Waals surface area contributed by atoms with Crippen molar-refractivity contribution >= 4 is 0 Å². The Labute approximate surface area is 55.9 Å². The van der Waals surface area contributed by atoms with Crippen molar-refractivity contribution in [3.05, 3.63) is 12.7 Å². The van der Waals surface area contributed by atoms with Crippen LogP contribution in [0.3, 0.4) is 0 Å². The lowest BCUT2D eigenvalue weighted by molar-refractivity contribution is -0.00124. The molecule has 0 saturated carbocycles. The molecular weight excluding hydrogens is 114 g/mol. The second-order valence-electron chi connectivity index (χ2n) is 2.38. The van der Waals surface area contributed by atoms with Gasteiger partial charge in [0, 0.05) is 13.1 Å². The minimum Gasteiger partial charge on any atom is -0.369 e. The lowest BCUT2D eigenvalue weighted by atomic mass is 10.2. The van der Waals surface area contributed by atoms with E-state index in [1.807, 2.05) is 6.08 Å². The molecule has 1 saturated heterocycles. The number of hydrogen-bond acceptors (Lipinski definition) is 2. The lowest BCUT2D eigenvalue weighted by Crippen LogP contribution is -2.42. The Bertz CT molecular complexity index is 103. The Morgan fingerprint density at radius 1 is 1.67 bits per heavy atom. The van der Waals surface area contributed by atoms with Crippen LogP contribution in [0.15, 0.2) is 12.7 Å². The van der Waals surface area contributed by atoms with Crippen molar-refractivity contribution in [1.29, 1.82) is 0 Å². The molecule has 1 rings (SSSR count). The fourth-order valence-corrected chi connectivity index (χ4v) is 0.962. The summed E-state index contributed by atoms with van der Waals surface area (Å²) >= 11 is 0. The molecule has 2 atom stereocenters. The molecule has 0 aromatic rings. The van der Waals surface area contributed by atoms with E-state index in [1.165, 1.54) is 0 Å². The fraction of sp³-hybridized carbons (Fsp3) is 0.714. The maximum absolute atomic E-state index is 5.45. The van der Waals surface area contributed by atoms with Crippen LogP contribution in [0.4, 0.5) is 0 Å². The molecule has 52 valence electrons. The van der Waals surface area contributed by atoms with Crippen molar-refractivity contribution in [3.8, 4) is 0 Å². The third-order valence-corrected chi connectivity index (χ3v) is 1.45. The summed E-state index contributed by atoms with van der Waals surface area (Å²) in [6, 6.07) is 0. The normalized spacial score (nSPS) is 36.1. The molecule has 1 aliphatic rings. The zero-order chi connectivity index (χ0) is 6.69. The van der Waals surface area contributed by atoms with Gasteiger partial charge in [0.15, 0.2) is 0 Å². The van der Waals surface area contributed by atoms with Crippen LogP contribution in [0.1, 0.15) is 6.92 Å². The van der Waals surface area contributed by atoms with Crippen LogP contribution < -0.4 is 5.32 Å². The van der Waals surface area contributed by atoms with E-state index in [2.05, 4.69) is 18.8 Å². The van der Waals surface area contributed by atoms with E-state index < -0.39 is 0 Å². The Morgan fingerprint density at radius 3 is 2.89 bits per heavy atom. The van der Waals surface area contributed by atoms with Gasteiger partial charge in [0.05, 0.1) is 12.2 Å². The van der Waals surface area contributed by atoms with Gasteiger partial charge in [0.25, 0.3) is 0 Å². The first-order chi connectivity index (χ1) is 4.33. The number of rotatable bonds is 1. The summed E-state index contributed by atoms with van der Waals surface area (Å²) in [7, 11) is 0. The first kappa shape index (κ1) is 6.78. The van der Waals surface area contributed by atoms with Crippen molar-refractivity contribution in [2.75, 3.05) is 13.1 Å². The molecule has 1 fully saturated rings. The van der Waals surface area contributed by atoms with E-state index in [9.17, 15) is 0 Å². The van der Waals surface area contributed by atoms with E-state index in [0.717, 1.165) is 13.1 Å². The first-order valence-corrected chi connectivity index (χ1v) is 3.31. The van der Waals surface area contributed by atoms with E-state index in [0.29, 0.717) is 6.10 Å². The Morgan fingerprint density at radius 2 is 2.44 bits per heavy atom. The molecule has 1 aliphatic heterocycles. The average Bonchev–Trinajstić information content (AvgIpc) is 1.88. The summed E-state index contributed by atoms with van der Waals surface area (Å²) in [5, 5.41) is 3.24. The standard InChI is InChI=1S/C7H13NO/c1-3-7-5-8-4-6(2)9-7/h3,6-8H,1,4-5H2,2H3/t6?,7-/m1/s1. The Balaban J connectivity index is 2.31. The summed E-state index contributed by atoms with van der Waals surface area (Å²) in [5.74, 6) is 0. The summed E-state index contributed by atoms with van der Waals surface area (Å²) in [4.78, 5) is 0. The van der Waals surface area contributed by atoms with Gasteiger partial charge in [-0.1, -0.05) is 6.08 Å². The van der Waals surface area contributed by atoms with E-state index in [-0.39, 0.29) is 6.10 Å². The van der Waals surface area contributed by atoms with Gasteiger partial charge in [-0.05, 0) is 6.92 Å². The summed E-state index contributed by atoms with van der Waals surface area (Å²) in [5.41, 5.74) is 0. The molecule has 0 amide bonds. The summed E-state index contributed by atoms with van der Waals surface area (Å²) in [6.45, 7) is 7.59. The monoisotopic (exact) mass is 127 g/mol. The highest BCUT2D eigenvalue weighted by molar-refractivity contribution is 4.85. The maximum atomic E-state index is 5.45. The van der Waals surface area contributed by atoms with Crippen molar-refractivity contribution < 1.29 is 4.74 Å². The summed E-state index contributed by atoms with van der Waals surface area (Å²) < 4.78 is 5.45. The number of ether oxygens (including phenoxy) is 1. The van der Waals surface area contributed by atoms with Crippen LogP contribution in [-0.4, -0.2) is 25.3 Å². The topological polar surface area (TPSA) is 21.3 Å². The van der Waals surface area contributed by atoms with Gasteiger partial charge >= 0.3 is 0 Å². The molecular formula is C7H13NO. The van der Waals surface area contributed by atoms with Crippen molar-refractivity contribution in [1.82, 2.24) is 5.32 Å². The van der Waals surface area contributed by atoms with Gasteiger partial charge in [0.2, 0.25) is 0 Å². The largest absolute Gasteiger partial charge is 0.369 e. The lowest BCUT2D eigenvalue weighted by Gasteiger charge is -2.26. The SMILES string of the molecule is C=C[C@@H]1CNCC(C)O1. The summed E-state index contributed by atoms with van der Waals surface area (Å²) in [6.07, 6.45) is 2.39. The second kappa shape index (κ2) is 2.99. The fourth-order valence-electron chi connectivity index (χ4n) is 0.962. The molecule has 0 aromatic carbocycles. The van der Waals surface area contributed by atoms with Crippen LogP contribution >= 0.6 is 0 Å². The molecule has 0 radical (unpaired) electrons. The molecule has 2 nitrogen and oxygen atoms in total. The third-order valence-electron chi connectivity index (χ3n) is 1.45. The predicted molar refractivity (Wildman–Crippen MR) is 37.4 cm³/mol. The van der Waals surface area contributed by atoms with Crippen LogP contribution in [0.5, 0.6) is 0 Å². The van der Waals surface area contributed by atoms with Crippen molar-refractivity contribution in [3.63, 3.8) is 0 Å². The number of nitrogens with one attached hydrogen (secondary N) is 1. The molecule has 1 unspecified atom stereocenters. The minimum atomic E-state index is 0.216. The minimum absolute atomic E-state index is 0.216. The van der Waals surface area contributed by atoms with Gasteiger partial charge in [0.1, 0.15) is 0 Å². The molecule has 0 spiro atoms. The van der Waals surface area contributed by atoms with Crippen LogP contribution in [0.2, 0.25) is 0 Å². The molecule has 2 heteroatoms. The molecule has 1 heterocycles. The highest BCUT2D eigenvalue weighted by Crippen LogP contribution is 2.02. The number of hydrogen-bond donors (Lipinski definition) is 1. The second-order valence-corrected chi connectivity index (χ2v) is 2.38. The van der Waals surface area contributed by atoms with Crippen molar-refractivity contribution in [2.45, 2.75) is 19.1 Å². The van der Waals surface area contributed by atoms with Crippen LogP contribution in [0.25, 0.3) is 0 Å². The van der Waals surface area contributed by atoms with Gasteiger partial charge in [-0.15, -0.1) is 6.58 Å². The molecule has 9 heavy (non-hydrogen) atoms. The Hall–Kier alpha value is -0.340. The highest BCUT2D eigenvalue weighted by atomic mass is 16.5. The quantitative estimate of drug-likeness (QED) is 0.519. The van der Waals surface area contributed by atoms with Gasteiger partial charge in [-0.25, -0.2) is 0 Å². The zero-order valence-corrected chi connectivity index (χ0v) is 5.76. The van der Waals surface area contributed by atoms with Gasteiger partial charge in [-0.3, -0.25) is 0 Å². The third kappa shape index (κ3) is 1.80. The number of morpholine rings is 1. The molecule has 1 N–H and O–H groups in total. The molecule has 0 aromatic heterocycles. The average molecular weight is 127 g/mol. The maximum Gasteiger partial charge on any atom is 0.0881 e. The van der Waals surface area contributed by atoms with E-state index in [1.54, 1.807) is 0 Å². The zero-order valence-electron chi connectivity index (χ0n) is 5.76. The molecule has 0 aliphatic carbocycles. The van der Waals surface area contributed by atoms with Gasteiger partial charge in [-0.2, -0.15) is 0 Å². The van der Waals surface area contributed by atoms with Crippen LogP contribution in [-0.2, 0) is 4.74 Å². The van der Waals surface area contributed by atoms with Crippen LogP contribution in [0, 0.1) is 0 Å². The smallest absolute Gasteiger partial charge is 0.0881 e. The highest BCUT2D eigenvalue weighted by Gasteiger charge is 2.14. The van der Waals surface area contributed by atoms with Gasteiger partial charge < -0.3 is 10.1 Å². The Kier molecular flexibility index (Phi) is 2.25. The van der Waals surface area contributed by atoms with E-state index in [4.69, 9.17) is 4.74 Å². The predicted octanol–water partition coefficient (Wildman–Crippen LogP) is 0.549. The molecule has 0 bridgehead atoms.